The van der Waals surface area contributed by atoms with Crippen LogP contribution in [0.15, 0.2) is 0 Å². The van der Waals surface area contributed by atoms with E-state index >= 15 is 0 Å². The van der Waals surface area contributed by atoms with Crippen molar-refractivity contribution in [2.24, 2.45) is 0 Å². The molecule has 0 fully saturated rings. The second kappa shape index (κ2) is 7.02. The van der Waals surface area contributed by atoms with Gasteiger partial charge in [0, 0.05) is 0 Å². The van der Waals surface area contributed by atoms with Crippen molar-refractivity contribution >= 4 is 10.1 Å². The third kappa shape index (κ3) is 24.7. The van der Waals surface area contributed by atoms with Gasteiger partial charge in [0.05, 0.1) is 5.75 Å². The molecule has 0 saturated carbocycles. The van der Waals surface area contributed by atoms with Crippen LogP contribution in [0.2, 0.25) is 0 Å². The minimum Gasteiger partial charge on any atom is -0.286 e. The molecule has 0 bridgehead atoms. The summed E-state index contributed by atoms with van der Waals surface area (Å²) in [5, 5.41) is 0. The minimum atomic E-state index is -3.67. The van der Waals surface area contributed by atoms with E-state index in [1.54, 1.807) is 6.92 Å². The summed E-state index contributed by atoms with van der Waals surface area (Å²) in [5.41, 5.74) is 0. The first-order valence-corrected chi connectivity index (χ1v) is 5.04. The highest BCUT2D eigenvalue weighted by molar-refractivity contribution is 7.85. The fourth-order valence-corrected chi connectivity index (χ4v) is 0.774. The van der Waals surface area contributed by atoms with E-state index < -0.39 is 10.1 Å². The van der Waals surface area contributed by atoms with E-state index in [1.165, 1.54) is 6.42 Å². The van der Waals surface area contributed by atoms with Gasteiger partial charge in [-0.25, -0.2) is 0 Å². The Labute approximate surface area is 63.2 Å². The van der Waals surface area contributed by atoms with Gasteiger partial charge >= 0.3 is 0 Å². The van der Waals surface area contributed by atoms with Crippen LogP contribution in [0.3, 0.4) is 0 Å². The van der Waals surface area contributed by atoms with Gasteiger partial charge in [-0.1, -0.05) is 27.2 Å². The first-order valence-electron chi connectivity index (χ1n) is 3.43. The van der Waals surface area contributed by atoms with Crippen molar-refractivity contribution in [3.63, 3.8) is 0 Å². The normalized spacial score (nSPS) is 10.0. The molecule has 0 rings (SSSR count). The molecular weight excluding hydrogens is 152 g/mol. The fraction of sp³-hybridized carbons (Fsp3) is 1.00. The average molecular weight is 168 g/mol. The maximum absolute atomic E-state index is 9.79. The van der Waals surface area contributed by atoms with Crippen molar-refractivity contribution in [1.82, 2.24) is 0 Å². The van der Waals surface area contributed by atoms with Gasteiger partial charge in [-0.15, -0.1) is 0 Å². The summed E-state index contributed by atoms with van der Waals surface area (Å²) >= 11 is 0. The van der Waals surface area contributed by atoms with Crippen LogP contribution in [0.1, 0.15) is 33.6 Å². The molecule has 3 nitrogen and oxygen atoms in total. The Morgan fingerprint density at radius 1 is 1.20 bits per heavy atom. The summed E-state index contributed by atoms with van der Waals surface area (Å²) in [6.07, 6.45) is 1.72. The molecule has 10 heavy (non-hydrogen) atoms. The van der Waals surface area contributed by atoms with Crippen LogP contribution < -0.4 is 0 Å². The second-order valence-electron chi connectivity index (χ2n) is 1.99. The zero-order valence-corrected chi connectivity index (χ0v) is 7.61. The van der Waals surface area contributed by atoms with Gasteiger partial charge in [0.15, 0.2) is 0 Å². The van der Waals surface area contributed by atoms with Gasteiger partial charge in [0.1, 0.15) is 0 Å². The van der Waals surface area contributed by atoms with Crippen LogP contribution in [0, 0.1) is 0 Å². The lowest BCUT2D eigenvalue weighted by atomic mass is 10.6. The predicted molar refractivity (Wildman–Crippen MR) is 42.7 cm³/mol. The van der Waals surface area contributed by atoms with E-state index in [0.29, 0.717) is 6.42 Å². The van der Waals surface area contributed by atoms with Gasteiger partial charge in [-0.05, 0) is 6.42 Å². The molecule has 0 spiro atoms. The Morgan fingerprint density at radius 3 is 1.50 bits per heavy atom. The summed E-state index contributed by atoms with van der Waals surface area (Å²) < 4.78 is 27.6. The first kappa shape index (κ1) is 12.6. The molecule has 0 aromatic heterocycles. The zero-order chi connectivity index (χ0) is 8.62. The summed E-state index contributed by atoms with van der Waals surface area (Å²) in [6, 6.07) is 0. The predicted octanol–water partition coefficient (Wildman–Crippen LogP) is 1.70. The van der Waals surface area contributed by atoms with E-state index in [4.69, 9.17) is 4.55 Å². The molecule has 0 aromatic carbocycles. The molecule has 0 unspecified atom stereocenters. The van der Waals surface area contributed by atoms with Crippen LogP contribution >= 0.6 is 0 Å². The standard InChI is InChI=1S/C3H8O3S.C3H8/c1-2-3-7(4,5)6;1-3-2/h2-3H2,1H3,(H,4,5,6);3H2,1-2H3. The van der Waals surface area contributed by atoms with Crippen LogP contribution in [0.25, 0.3) is 0 Å². The van der Waals surface area contributed by atoms with Crippen molar-refractivity contribution < 1.29 is 13.0 Å². The van der Waals surface area contributed by atoms with E-state index in [9.17, 15) is 8.42 Å². The Hall–Kier alpha value is -0.0900. The summed E-state index contributed by atoms with van der Waals surface area (Å²) in [6.45, 7) is 5.94. The van der Waals surface area contributed by atoms with Gasteiger partial charge < -0.3 is 0 Å². The van der Waals surface area contributed by atoms with E-state index in [0.717, 1.165) is 0 Å². The van der Waals surface area contributed by atoms with Gasteiger partial charge in [-0.2, -0.15) is 8.42 Å². The van der Waals surface area contributed by atoms with Gasteiger partial charge in [0.2, 0.25) is 0 Å². The maximum atomic E-state index is 9.79. The molecule has 0 aromatic rings. The third-order valence-electron chi connectivity index (χ3n) is 0.462. The Morgan fingerprint density at radius 2 is 1.50 bits per heavy atom. The van der Waals surface area contributed by atoms with Crippen molar-refractivity contribution in [1.29, 1.82) is 0 Å². The molecule has 0 atom stereocenters. The SMILES string of the molecule is CCC.CCCS(=O)(=O)O. The molecule has 0 heterocycles. The molecular formula is C6H16O3S. The summed E-state index contributed by atoms with van der Waals surface area (Å²) in [4.78, 5) is 0. The molecule has 0 amide bonds. The average Bonchev–Trinajstić information content (AvgIpc) is 1.63. The molecule has 1 N–H and O–H groups in total. The zero-order valence-electron chi connectivity index (χ0n) is 6.79. The Kier molecular flexibility index (Phi) is 8.83. The molecule has 4 heteroatoms. The lowest BCUT2D eigenvalue weighted by molar-refractivity contribution is 0.482. The Balaban J connectivity index is 0. The molecule has 0 aliphatic rings. The molecule has 0 aliphatic heterocycles. The van der Waals surface area contributed by atoms with Crippen LogP contribution in [-0.4, -0.2) is 18.7 Å². The fourth-order valence-electron chi connectivity index (χ4n) is 0.258. The van der Waals surface area contributed by atoms with Gasteiger partial charge in [0.25, 0.3) is 10.1 Å². The Bertz CT molecular complexity index is 137. The smallest absolute Gasteiger partial charge is 0.264 e. The van der Waals surface area contributed by atoms with Crippen molar-refractivity contribution in [2.75, 3.05) is 5.75 Å². The topological polar surface area (TPSA) is 54.4 Å². The summed E-state index contributed by atoms with van der Waals surface area (Å²) in [7, 11) is -3.67. The second-order valence-corrected chi connectivity index (χ2v) is 3.57. The minimum absolute atomic E-state index is 0.132. The van der Waals surface area contributed by atoms with Crippen LogP contribution in [0.4, 0.5) is 0 Å². The molecule has 0 radical (unpaired) electrons. The van der Waals surface area contributed by atoms with E-state index in [2.05, 4.69) is 13.8 Å². The number of rotatable bonds is 2. The molecule has 0 aliphatic carbocycles. The molecule has 64 valence electrons. The summed E-state index contributed by atoms with van der Waals surface area (Å²) in [5.74, 6) is -0.132. The molecule has 0 saturated heterocycles. The van der Waals surface area contributed by atoms with Crippen LogP contribution in [-0.2, 0) is 10.1 Å². The van der Waals surface area contributed by atoms with E-state index in [-0.39, 0.29) is 5.75 Å². The maximum Gasteiger partial charge on any atom is 0.264 e. The van der Waals surface area contributed by atoms with E-state index in [1.807, 2.05) is 0 Å². The number of hydrogen-bond donors (Lipinski definition) is 1. The first-order chi connectivity index (χ1) is 4.47. The third-order valence-corrected chi connectivity index (χ3v) is 1.39. The lowest BCUT2D eigenvalue weighted by Crippen LogP contribution is -2.01. The van der Waals surface area contributed by atoms with Gasteiger partial charge in [-0.3, -0.25) is 4.55 Å². The highest BCUT2D eigenvalue weighted by atomic mass is 32.2. The highest BCUT2D eigenvalue weighted by Crippen LogP contribution is 1.83. The largest absolute Gasteiger partial charge is 0.286 e. The van der Waals surface area contributed by atoms with Crippen molar-refractivity contribution in [3.05, 3.63) is 0 Å². The quantitative estimate of drug-likeness (QED) is 0.638. The van der Waals surface area contributed by atoms with Crippen molar-refractivity contribution in [3.8, 4) is 0 Å². The highest BCUT2D eigenvalue weighted by Gasteiger charge is 1.98. The number of hydrogen-bond acceptors (Lipinski definition) is 2. The van der Waals surface area contributed by atoms with Crippen LogP contribution in [0.5, 0.6) is 0 Å². The van der Waals surface area contributed by atoms with Crippen molar-refractivity contribution in [2.45, 2.75) is 33.6 Å². The monoisotopic (exact) mass is 168 g/mol. The lowest BCUT2D eigenvalue weighted by Gasteiger charge is -1.85.